The first-order valence-corrected chi connectivity index (χ1v) is 6.42. The summed E-state index contributed by atoms with van der Waals surface area (Å²) < 4.78 is 20.4. The average Bonchev–Trinajstić information content (AvgIpc) is 2.52. The van der Waals surface area contributed by atoms with Crippen molar-refractivity contribution in [2.75, 3.05) is 20.8 Å². The lowest BCUT2D eigenvalue weighted by molar-refractivity contribution is -0.261. The molecule has 21 heavy (non-hydrogen) atoms. The molecule has 0 bridgehead atoms. The van der Waals surface area contributed by atoms with E-state index in [0.717, 1.165) is 0 Å². The van der Waals surface area contributed by atoms with Gasteiger partial charge in [-0.25, -0.2) is 4.79 Å². The van der Waals surface area contributed by atoms with Crippen LogP contribution in [-0.2, 0) is 14.2 Å². The van der Waals surface area contributed by atoms with E-state index in [0.29, 0.717) is 5.75 Å². The van der Waals surface area contributed by atoms with E-state index in [-0.39, 0.29) is 12.2 Å². The van der Waals surface area contributed by atoms with E-state index in [4.69, 9.17) is 18.9 Å². The summed E-state index contributed by atoms with van der Waals surface area (Å²) in [5, 5.41) is 19.5. The number of hydrogen-bond acceptors (Lipinski definition) is 7. The second-order valence-corrected chi connectivity index (χ2v) is 4.59. The van der Waals surface area contributed by atoms with Crippen LogP contribution in [0.25, 0.3) is 0 Å². The second kappa shape index (κ2) is 6.86. The van der Waals surface area contributed by atoms with Crippen LogP contribution in [0.15, 0.2) is 24.3 Å². The van der Waals surface area contributed by atoms with Crippen molar-refractivity contribution in [3.63, 3.8) is 0 Å². The van der Waals surface area contributed by atoms with E-state index < -0.39 is 30.6 Å². The fourth-order valence-electron chi connectivity index (χ4n) is 2.01. The maximum atomic E-state index is 12.1. The second-order valence-electron chi connectivity index (χ2n) is 4.59. The van der Waals surface area contributed by atoms with Crippen LogP contribution in [0, 0.1) is 0 Å². The highest BCUT2D eigenvalue weighted by Crippen LogP contribution is 2.21. The number of aliphatic hydroxyl groups excluding tert-OH is 2. The van der Waals surface area contributed by atoms with Gasteiger partial charge in [-0.1, -0.05) is 0 Å². The summed E-state index contributed by atoms with van der Waals surface area (Å²) >= 11 is 0. The minimum absolute atomic E-state index is 0.0870. The largest absolute Gasteiger partial charge is 0.497 e. The van der Waals surface area contributed by atoms with Crippen molar-refractivity contribution in [2.45, 2.75) is 24.6 Å². The van der Waals surface area contributed by atoms with Crippen molar-refractivity contribution >= 4 is 5.97 Å². The molecule has 0 amide bonds. The van der Waals surface area contributed by atoms with Crippen LogP contribution in [-0.4, -0.2) is 61.6 Å². The monoisotopic (exact) mass is 298 g/mol. The molecule has 0 aliphatic carbocycles. The van der Waals surface area contributed by atoms with Gasteiger partial charge in [-0.3, -0.25) is 0 Å². The number of esters is 1. The zero-order valence-corrected chi connectivity index (χ0v) is 11.8. The Kier molecular flexibility index (Phi) is 5.13. The molecule has 1 aliphatic rings. The van der Waals surface area contributed by atoms with Gasteiger partial charge >= 0.3 is 5.97 Å². The number of methoxy groups -OCH3 is 2. The molecule has 0 unspecified atom stereocenters. The number of benzene rings is 1. The van der Waals surface area contributed by atoms with Crippen molar-refractivity contribution in [2.24, 2.45) is 0 Å². The molecule has 7 heteroatoms. The highest BCUT2D eigenvalue weighted by Gasteiger charge is 2.41. The standard InChI is InChI=1S/C14H18O7/c1-18-9-5-3-8(4-6-9)13(17)21-12-11(16)10(15)7-20-14(12)19-2/h3-6,10-12,14-16H,7H2,1-2H3/t10-,11-,12-,14+/m1/s1. The lowest BCUT2D eigenvalue weighted by Crippen LogP contribution is -2.55. The summed E-state index contributed by atoms with van der Waals surface area (Å²) in [6.45, 7) is -0.0870. The van der Waals surface area contributed by atoms with E-state index in [1.165, 1.54) is 26.4 Å². The fourth-order valence-corrected chi connectivity index (χ4v) is 2.01. The Morgan fingerprint density at radius 3 is 2.48 bits per heavy atom. The molecule has 0 spiro atoms. The quantitative estimate of drug-likeness (QED) is 0.752. The molecule has 0 saturated carbocycles. The molecule has 1 aromatic carbocycles. The van der Waals surface area contributed by atoms with Gasteiger partial charge in [0.1, 0.15) is 18.0 Å². The molecule has 0 aromatic heterocycles. The molecular formula is C14H18O7. The maximum Gasteiger partial charge on any atom is 0.338 e. The Morgan fingerprint density at radius 2 is 1.90 bits per heavy atom. The minimum atomic E-state index is -1.27. The summed E-state index contributed by atoms with van der Waals surface area (Å²) in [7, 11) is 2.89. The van der Waals surface area contributed by atoms with Gasteiger partial charge < -0.3 is 29.2 Å². The zero-order chi connectivity index (χ0) is 15.4. The highest BCUT2D eigenvalue weighted by atomic mass is 16.7. The molecule has 1 saturated heterocycles. The predicted octanol–water partition coefficient (Wildman–Crippen LogP) is -0.0549. The Balaban J connectivity index is 2.08. The molecule has 1 aliphatic heterocycles. The molecule has 1 aromatic rings. The topological polar surface area (TPSA) is 94.5 Å². The van der Waals surface area contributed by atoms with Gasteiger partial charge in [0.15, 0.2) is 12.4 Å². The molecule has 2 N–H and O–H groups in total. The minimum Gasteiger partial charge on any atom is -0.497 e. The van der Waals surface area contributed by atoms with Crippen molar-refractivity contribution in [3.8, 4) is 5.75 Å². The van der Waals surface area contributed by atoms with Gasteiger partial charge in [-0.2, -0.15) is 0 Å². The van der Waals surface area contributed by atoms with Crippen LogP contribution in [0.3, 0.4) is 0 Å². The number of ether oxygens (including phenoxy) is 4. The van der Waals surface area contributed by atoms with Crippen LogP contribution < -0.4 is 4.74 Å². The number of carbonyl (C=O) groups excluding carboxylic acids is 1. The Hall–Kier alpha value is -1.67. The van der Waals surface area contributed by atoms with Crippen molar-refractivity contribution in [3.05, 3.63) is 29.8 Å². The number of aliphatic hydroxyl groups is 2. The molecule has 7 nitrogen and oxygen atoms in total. The third-order valence-corrected chi connectivity index (χ3v) is 3.23. The van der Waals surface area contributed by atoms with Crippen LogP contribution in [0.1, 0.15) is 10.4 Å². The average molecular weight is 298 g/mol. The third kappa shape index (κ3) is 3.51. The summed E-state index contributed by atoms with van der Waals surface area (Å²) in [4.78, 5) is 12.1. The molecule has 0 radical (unpaired) electrons. The molecular weight excluding hydrogens is 280 g/mol. The zero-order valence-electron chi connectivity index (χ0n) is 11.8. The number of carbonyl (C=O) groups is 1. The molecule has 1 heterocycles. The van der Waals surface area contributed by atoms with Crippen LogP contribution in [0.5, 0.6) is 5.75 Å². The van der Waals surface area contributed by atoms with E-state index in [1.54, 1.807) is 12.1 Å². The van der Waals surface area contributed by atoms with Crippen molar-refractivity contribution < 1.29 is 34.0 Å². The normalized spacial score (nSPS) is 29.0. The van der Waals surface area contributed by atoms with E-state index in [1.807, 2.05) is 0 Å². The lowest BCUT2D eigenvalue weighted by atomic mass is 10.1. The van der Waals surface area contributed by atoms with Crippen LogP contribution >= 0.6 is 0 Å². The molecule has 4 atom stereocenters. The van der Waals surface area contributed by atoms with Gasteiger partial charge in [0, 0.05) is 7.11 Å². The molecule has 2 rings (SSSR count). The Morgan fingerprint density at radius 1 is 1.24 bits per heavy atom. The fraction of sp³-hybridized carbons (Fsp3) is 0.500. The van der Waals surface area contributed by atoms with Gasteiger partial charge in [-0.05, 0) is 24.3 Å². The highest BCUT2D eigenvalue weighted by molar-refractivity contribution is 5.89. The molecule has 1 fully saturated rings. The third-order valence-electron chi connectivity index (χ3n) is 3.23. The lowest BCUT2D eigenvalue weighted by Gasteiger charge is -2.36. The number of hydrogen-bond donors (Lipinski definition) is 2. The maximum absolute atomic E-state index is 12.1. The SMILES string of the molecule is COc1ccc(C(=O)O[C@H]2[C@@H](OC)OC[C@@H](O)[C@H]2O)cc1. The van der Waals surface area contributed by atoms with Gasteiger partial charge in [0.05, 0.1) is 19.3 Å². The van der Waals surface area contributed by atoms with Crippen molar-refractivity contribution in [1.82, 2.24) is 0 Å². The van der Waals surface area contributed by atoms with Crippen LogP contribution in [0.4, 0.5) is 0 Å². The van der Waals surface area contributed by atoms with Gasteiger partial charge in [0.25, 0.3) is 0 Å². The Labute approximate surface area is 122 Å². The van der Waals surface area contributed by atoms with Crippen LogP contribution in [0.2, 0.25) is 0 Å². The van der Waals surface area contributed by atoms with E-state index in [2.05, 4.69) is 0 Å². The molecule has 116 valence electrons. The predicted molar refractivity (Wildman–Crippen MR) is 71.0 cm³/mol. The summed E-state index contributed by atoms with van der Waals surface area (Å²) in [5.74, 6) is -0.0424. The smallest absolute Gasteiger partial charge is 0.338 e. The van der Waals surface area contributed by atoms with Gasteiger partial charge in [-0.15, -0.1) is 0 Å². The van der Waals surface area contributed by atoms with Crippen molar-refractivity contribution in [1.29, 1.82) is 0 Å². The number of rotatable bonds is 4. The Bertz CT molecular complexity index is 471. The van der Waals surface area contributed by atoms with E-state index >= 15 is 0 Å². The van der Waals surface area contributed by atoms with E-state index in [9.17, 15) is 15.0 Å². The first-order chi connectivity index (χ1) is 10.1. The van der Waals surface area contributed by atoms with Gasteiger partial charge in [0.2, 0.25) is 0 Å². The first-order valence-electron chi connectivity index (χ1n) is 6.42. The first kappa shape index (κ1) is 15.7. The summed E-state index contributed by atoms with van der Waals surface area (Å²) in [6, 6.07) is 6.31. The summed E-state index contributed by atoms with van der Waals surface area (Å²) in [5.41, 5.74) is 0.290. The summed E-state index contributed by atoms with van der Waals surface area (Å²) in [6.07, 6.45) is -4.44.